The van der Waals surface area contributed by atoms with Crippen LogP contribution in [0.3, 0.4) is 0 Å². The summed E-state index contributed by atoms with van der Waals surface area (Å²) in [4.78, 5) is 26.8. The van der Waals surface area contributed by atoms with E-state index in [4.69, 9.17) is 5.73 Å². The Morgan fingerprint density at radius 2 is 1.89 bits per heavy atom. The maximum Gasteiger partial charge on any atom is 0.251 e. The summed E-state index contributed by atoms with van der Waals surface area (Å²) in [5.41, 5.74) is 8.39. The topological polar surface area (TPSA) is 76.0 Å². The zero-order chi connectivity index (χ0) is 14.0. The lowest BCUT2D eigenvalue weighted by Crippen LogP contribution is -2.17. The molecule has 0 atom stereocenters. The van der Waals surface area contributed by atoms with E-state index in [0.29, 0.717) is 34.5 Å². The number of aromatic amines is 1. The molecule has 0 aliphatic rings. The number of pyridine rings is 1. The molecule has 1 aromatic carbocycles. The van der Waals surface area contributed by atoms with Crippen molar-refractivity contribution in [2.45, 2.75) is 20.3 Å². The minimum absolute atomic E-state index is 0.101. The quantitative estimate of drug-likeness (QED) is 0.652. The van der Waals surface area contributed by atoms with Gasteiger partial charge in [-0.25, -0.2) is 0 Å². The molecule has 2 rings (SSSR count). The molecule has 0 bridgehead atoms. The van der Waals surface area contributed by atoms with Crippen molar-refractivity contribution in [3.8, 4) is 0 Å². The normalized spacial score (nSPS) is 10.4. The Morgan fingerprint density at radius 1 is 1.26 bits per heavy atom. The van der Waals surface area contributed by atoms with Crippen molar-refractivity contribution in [1.82, 2.24) is 4.98 Å². The van der Waals surface area contributed by atoms with E-state index >= 15 is 0 Å². The first kappa shape index (κ1) is 13.1. The highest BCUT2D eigenvalue weighted by atomic mass is 16.1. The number of nitrogen functional groups attached to an aromatic ring is 1. The van der Waals surface area contributed by atoms with Gasteiger partial charge in [0.15, 0.2) is 5.78 Å². The smallest absolute Gasteiger partial charge is 0.251 e. The molecule has 0 fully saturated rings. The Bertz CT molecular complexity index is 670. The molecular formula is C15H16N2O2. The van der Waals surface area contributed by atoms with Crippen molar-refractivity contribution in [3.63, 3.8) is 0 Å². The maximum atomic E-state index is 12.4. The van der Waals surface area contributed by atoms with E-state index in [0.717, 1.165) is 0 Å². The monoisotopic (exact) mass is 256 g/mol. The van der Waals surface area contributed by atoms with Crippen LogP contribution in [0.2, 0.25) is 0 Å². The number of carbonyl (C=O) groups is 1. The van der Waals surface area contributed by atoms with Gasteiger partial charge in [0.1, 0.15) is 0 Å². The third-order valence-corrected chi connectivity index (χ3v) is 3.08. The fraction of sp³-hybridized carbons (Fsp3) is 0.200. The second-order valence-corrected chi connectivity index (χ2v) is 4.48. The SMILES string of the molecule is CCc1[nH]c(=O)c(C)cc1C(=O)c1ccc(N)cc1. The lowest BCUT2D eigenvalue weighted by Gasteiger charge is -2.08. The highest BCUT2D eigenvalue weighted by Gasteiger charge is 2.14. The van der Waals surface area contributed by atoms with Crippen LogP contribution in [0.25, 0.3) is 0 Å². The fourth-order valence-electron chi connectivity index (χ4n) is 1.94. The molecule has 0 saturated carbocycles. The predicted octanol–water partition coefficient (Wildman–Crippen LogP) is 2.06. The number of anilines is 1. The van der Waals surface area contributed by atoms with Gasteiger partial charge in [-0.2, -0.15) is 0 Å². The Morgan fingerprint density at radius 3 is 2.47 bits per heavy atom. The molecule has 1 heterocycles. The Balaban J connectivity index is 2.52. The first-order chi connectivity index (χ1) is 9.02. The maximum absolute atomic E-state index is 12.4. The average Bonchev–Trinajstić information content (AvgIpc) is 2.41. The van der Waals surface area contributed by atoms with Crippen molar-refractivity contribution >= 4 is 11.5 Å². The molecule has 19 heavy (non-hydrogen) atoms. The zero-order valence-electron chi connectivity index (χ0n) is 11.0. The van der Waals surface area contributed by atoms with Gasteiger partial charge >= 0.3 is 0 Å². The number of aromatic nitrogens is 1. The number of ketones is 1. The third-order valence-electron chi connectivity index (χ3n) is 3.08. The van der Waals surface area contributed by atoms with Crippen molar-refractivity contribution in [2.75, 3.05) is 5.73 Å². The molecule has 0 aliphatic carbocycles. The summed E-state index contributed by atoms with van der Waals surface area (Å²) in [7, 11) is 0. The van der Waals surface area contributed by atoms with Gasteiger partial charge in [0.25, 0.3) is 5.56 Å². The molecule has 0 amide bonds. The highest BCUT2D eigenvalue weighted by molar-refractivity contribution is 6.09. The minimum Gasteiger partial charge on any atom is -0.399 e. The van der Waals surface area contributed by atoms with E-state index in [2.05, 4.69) is 4.98 Å². The predicted molar refractivity (Wildman–Crippen MR) is 75.5 cm³/mol. The molecule has 0 radical (unpaired) electrons. The number of nitrogens with one attached hydrogen (secondary N) is 1. The van der Waals surface area contributed by atoms with Crippen molar-refractivity contribution in [1.29, 1.82) is 0 Å². The standard InChI is InChI=1S/C15H16N2O2/c1-3-13-12(8-9(2)15(19)17-13)14(18)10-4-6-11(16)7-5-10/h4-8H,3,16H2,1-2H3,(H,17,19). The lowest BCUT2D eigenvalue weighted by atomic mass is 9.99. The van der Waals surface area contributed by atoms with Gasteiger partial charge in [0.2, 0.25) is 0 Å². The lowest BCUT2D eigenvalue weighted by molar-refractivity contribution is 0.103. The van der Waals surface area contributed by atoms with Crippen LogP contribution in [0.5, 0.6) is 0 Å². The van der Waals surface area contributed by atoms with Crippen molar-refractivity contribution in [2.24, 2.45) is 0 Å². The van der Waals surface area contributed by atoms with Gasteiger partial charge in [0.05, 0.1) is 0 Å². The number of rotatable bonds is 3. The molecule has 4 heteroatoms. The number of hydrogen-bond acceptors (Lipinski definition) is 3. The van der Waals surface area contributed by atoms with E-state index in [9.17, 15) is 9.59 Å². The van der Waals surface area contributed by atoms with Crippen LogP contribution in [0.15, 0.2) is 35.1 Å². The van der Waals surface area contributed by atoms with Crippen LogP contribution >= 0.6 is 0 Å². The number of aryl methyl sites for hydroxylation is 2. The van der Waals surface area contributed by atoms with Crippen molar-refractivity contribution in [3.05, 3.63) is 63.1 Å². The number of benzene rings is 1. The van der Waals surface area contributed by atoms with E-state index in [1.807, 2.05) is 6.92 Å². The third kappa shape index (κ3) is 2.57. The summed E-state index contributed by atoms with van der Waals surface area (Å²) < 4.78 is 0. The van der Waals surface area contributed by atoms with E-state index in [1.54, 1.807) is 37.3 Å². The van der Waals surface area contributed by atoms with Gasteiger partial charge in [-0.1, -0.05) is 6.92 Å². The van der Waals surface area contributed by atoms with Gasteiger partial charge in [0, 0.05) is 28.1 Å². The number of hydrogen-bond donors (Lipinski definition) is 2. The molecule has 2 aromatic rings. The molecule has 0 aliphatic heterocycles. The van der Waals surface area contributed by atoms with Crippen LogP contribution in [0.4, 0.5) is 5.69 Å². The summed E-state index contributed by atoms with van der Waals surface area (Å²) in [5, 5.41) is 0. The van der Waals surface area contributed by atoms with Gasteiger partial charge in [-0.05, 0) is 43.7 Å². The molecule has 0 saturated heterocycles. The van der Waals surface area contributed by atoms with Crippen molar-refractivity contribution < 1.29 is 4.79 Å². The number of nitrogens with two attached hydrogens (primary N) is 1. The van der Waals surface area contributed by atoms with Crippen LogP contribution in [0.1, 0.15) is 34.1 Å². The summed E-state index contributed by atoms with van der Waals surface area (Å²) >= 11 is 0. The Hall–Kier alpha value is -2.36. The summed E-state index contributed by atoms with van der Waals surface area (Å²) in [6.07, 6.45) is 0.603. The van der Waals surface area contributed by atoms with E-state index in [-0.39, 0.29) is 11.3 Å². The van der Waals surface area contributed by atoms with Gasteiger partial charge in [-0.3, -0.25) is 9.59 Å². The summed E-state index contributed by atoms with van der Waals surface area (Å²) in [6, 6.07) is 8.42. The van der Waals surface area contributed by atoms with Crippen LogP contribution in [0, 0.1) is 6.92 Å². The van der Waals surface area contributed by atoms with Gasteiger partial charge in [-0.15, -0.1) is 0 Å². The van der Waals surface area contributed by atoms with Gasteiger partial charge < -0.3 is 10.7 Å². The number of carbonyl (C=O) groups excluding carboxylic acids is 1. The second kappa shape index (κ2) is 5.10. The largest absolute Gasteiger partial charge is 0.399 e. The van der Waals surface area contributed by atoms with Crippen LogP contribution < -0.4 is 11.3 Å². The van der Waals surface area contributed by atoms with Crippen LogP contribution in [-0.4, -0.2) is 10.8 Å². The van der Waals surface area contributed by atoms with E-state index < -0.39 is 0 Å². The molecule has 0 unspecified atom stereocenters. The Labute approximate surface area is 111 Å². The minimum atomic E-state index is -0.147. The average molecular weight is 256 g/mol. The molecule has 4 nitrogen and oxygen atoms in total. The zero-order valence-corrected chi connectivity index (χ0v) is 11.0. The first-order valence-corrected chi connectivity index (χ1v) is 6.16. The molecule has 3 N–H and O–H groups in total. The highest BCUT2D eigenvalue weighted by Crippen LogP contribution is 2.15. The Kier molecular flexibility index (Phi) is 3.51. The molecule has 98 valence electrons. The number of H-pyrrole nitrogens is 1. The first-order valence-electron chi connectivity index (χ1n) is 6.16. The second-order valence-electron chi connectivity index (χ2n) is 4.48. The molecule has 0 spiro atoms. The molecular weight excluding hydrogens is 240 g/mol. The summed E-state index contributed by atoms with van der Waals surface area (Å²) in [5.74, 6) is -0.101. The fourth-order valence-corrected chi connectivity index (χ4v) is 1.94. The molecule has 1 aromatic heterocycles. The van der Waals surface area contributed by atoms with Crippen LogP contribution in [-0.2, 0) is 6.42 Å². The summed E-state index contributed by atoms with van der Waals surface area (Å²) in [6.45, 7) is 3.60. The van der Waals surface area contributed by atoms with E-state index in [1.165, 1.54) is 0 Å².